The van der Waals surface area contributed by atoms with Crippen LogP contribution in [-0.2, 0) is 21.8 Å². The van der Waals surface area contributed by atoms with Crippen molar-refractivity contribution in [2.24, 2.45) is 0 Å². The minimum absolute atomic E-state index is 0.0371. The zero-order valence-electron chi connectivity index (χ0n) is 9.55. The number of ether oxygens (including phenoxy) is 1. The van der Waals surface area contributed by atoms with Gasteiger partial charge in [-0.05, 0) is 35.6 Å². The van der Waals surface area contributed by atoms with Crippen molar-refractivity contribution < 1.29 is 18.3 Å². The number of hydrogen-bond acceptors (Lipinski definition) is 3. The van der Waals surface area contributed by atoms with E-state index >= 15 is 0 Å². The largest absolute Gasteiger partial charge is 0.466 e. The Labute approximate surface area is 122 Å². The van der Waals surface area contributed by atoms with E-state index in [4.69, 9.17) is 16.3 Å². The molecule has 0 bridgehead atoms. The smallest absolute Gasteiger partial charge is 0.311 e. The van der Waals surface area contributed by atoms with E-state index in [0.29, 0.717) is 9.26 Å². The lowest BCUT2D eigenvalue weighted by molar-refractivity contribution is -0.142. The van der Waals surface area contributed by atoms with Gasteiger partial charge in [0.1, 0.15) is 3.70 Å². The average molecular weight is 390 g/mol. The van der Waals surface area contributed by atoms with E-state index < -0.39 is 12.4 Å². The van der Waals surface area contributed by atoms with Gasteiger partial charge in [-0.25, -0.2) is 13.8 Å². The van der Waals surface area contributed by atoms with Crippen molar-refractivity contribution in [1.82, 2.24) is 4.98 Å². The Balaban J connectivity index is 3.05. The highest BCUT2D eigenvalue weighted by atomic mass is 127. The van der Waals surface area contributed by atoms with Crippen molar-refractivity contribution >= 4 is 40.2 Å². The highest BCUT2D eigenvalue weighted by molar-refractivity contribution is 14.1. The van der Waals surface area contributed by atoms with Gasteiger partial charge in [-0.2, -0.15) is 0 Å². The quantitative estimate of drug-likeness (QED) is 0.335. The molecule has 0 spiro atoms. The first kappa shape index (κ1) is 15.6. The first-order valence-corrected chi connectivity index (χ1v) is 6.78. The fourth-order valence-electron chi connectivity index (χ4n) is 1.39. The van der Waals surface area contributed by atoms with Gasteiger partial charge in [0, 0.05) is 11.1 Å². The van der Waals surface area contributed by atoms with Gasteiger partial charge in [-0.15, -0.1) is 11.6 Å². The molecule has 0 fully saturated rings. The predicted octanol–water partition coefficient (Wildman–Crippen LogP) is 3.47. The molecule has 3 nitrogen and oxygen atoms in total. The summed E-state index contributed by atoms with van der Waals surface area (Å²) in [7, 11) is 0. The van der Waals surface area contributed by atoms with Crippen molar-refractivity contribution in [3.05, 3.63) is 26.6 Å². The monoisotopic (exact) mass is 389 g/mol. The molecule has 1 aromatic rings. The molecule has 0 N–H and O–H groups in total. The minimum atomic E-state index is -2.64. The molecular formula is C11H11ClF2INO2. The molecule has 0 amide bonds. The summed E-state index contributed by atoms with van der Waals surface area (Å²) < 4.78 is 30.8. The van der Waals surface area contributed by atoms with Crippen LogP contribution in [-0.4, -0.2) is 17.6 Å². The Bertz CT molecular complexity index is 443. The number of carbonyl (C=O) groups is 1. The second-order valence-corrected chi connectivity index (χ2v) is 4.68. The first-order chi connectivity index (χ1) is 8.49. The molecule has 0 radical (unpaired) electrons. The lowest BCUT2D eigenvalue weighted by Gasteiger charge is -2.10. The van der Waals surface area contributed by atoms with Crippen molar-refractivity contribution in [2.75, 3.05) is 6.61 Å². The Morgan fingerprint density at radius 3 is 2.78 bits per heavy atom. The number of halogens is 4. The number of esters is 1. The number of alkyl halides is 3. The average Bonchev–Trinajstić information content (AvgIpc) is 2.28. The highest BCUT2D eigenvalue weighted by Crippen LogP contribution is 2.28. The van der Waals surface area contributed by atoms with Gasteiger partial charge in [0.25, 0.3) is 6.43 Å². The van der Waals surface area contributed by atoms with E-state index in [0.717, 1.165) is 0 Å². The van der Waals surface area contributed by atoms with Crippen LogP contribution in [0, 0.1) is 3.70 Å². The van der Waals surface area contributed by atoms with Gasteiger partial charge in [-0.3, -0.25) is 4.79 Å². The molecule has 7 heteroatoms. The fourth-order valence-corrected chi connectivity index (χ4v) is 2.71. The molecule has 100 valence electrons. The van der Waals surface area contributed by atoms with Crippen molar-refractivity contribution in [2.45, 2.75) is 25.7 Å². The molecule has 1 heterocycles. The number of pyridine rings is 1. The topological polar surface area (TPSA) is 39.2 Å². The summed E-state index contributed by atoms with van der Waals surface area (Å²) in [5.74, 6) is -0.524. The molecule has 0 unspecified atom stereocenters. The molecule has 1 rings (SSSR count). The van der Waals surface area contributed by atoms with Crippen molar-refractivity contribution in [3.63, 3.8) is 0 Å². The van der Waals surface area contributed by atoms with Gasteiger partial charge in [-0.1, -0.05) is 0 Å². The van der Waals surface area contributed by atoms with E-state index in [-0.39, 0.29) is 30.2 Å². The SMILES string of the molecule is CCOC(=O)Cc1cc(C(F)F)c(CCl)c(I)n1. The fraction of sp³-hybridized carbons (Fsp3) is 0.455. The summed E-state index contributed by atoms with van der Waals surface area (Å²) in [6.45, 7) is 1.92. The second-order valence-electron chi connectivity index (χ2n) is 3.39. The van der Waals surface area contributed by atoms with Crippen LogP contribution in [0.2, 0.25) is 0 Å². The maximum absolute atomic E-state index is 12.9. The molecule has 0 aliphatic heterocycles. The summed E-state index contributed by atoms with van der Waals surface area (Å²) in [5, 5.41) is 0. The third-order valence-corrected chi connectivity index (χ3v) is 3.32. The molecule has 0 aliphatic rings. The third kappa shape index (κ3) is 4.01. The summed E-state index contributed by atoms with van der Waals surface area (Å²) in [6.07, 6.45) is -2.76. The van der Waals surface area contributed by atoms with Gasteiger partial charge < -0.3 is 4.74 Å². The molecule has 0 aliphatic carbocycles. The number of nitrogens with zero attached hydrogens (tertiary/aromatic N) is 1. The molecule has 0 saturated carbocycles. The van der Waals surface area contributed by atoms with E-state index in [1.54, 1.807) is 6.92 Å². The van der Waals surface area contributed by atoms with Crippen LogP contribution in [0.1, 0.15) is 30.2 Å². The van der Waals surface area contributed by atoms with Crippen molar-refractivity contribution in [3.8, 4) is 0 Å². The third-order valence-electron chi connectivity index (χ3n) is 2.16. The standard InChI is InChI=1S/C11H11ClF2INO2/c1-2-18-9(17)4-6-3-7(10(13)14)8(5-12)11(15)16-6/h3,10H,2,4-5H2,1H3. The summed E-state index contributed by atoms with van der Waals surface area (Å²) >= 11 is 7.45. The zero-order valence-corrected chi connectivity index (χ0v) is 12.5. The van der Waals surface area contributed by atoms with Crippen LogP contribution in [0.5, 0.6) is 0 Å². The normalized spacial score (nSPS) is 10.8. The van der Waals surface area contributed by atoms with Crippen LogP contribution < -0.4 is 0 Å². The Hall–Kier alpha value is -0.500. The molecule has 0 aromatic carbocycles. The Morgan fingerprint density at radius 2 is 2.28 bits per heavy atom. The number of carbonyl (C=O) groups excluding carboxylic acids is 1. The second kappa shape index (κ2) is 7.18. The van der Waals surface area contributed by atoms with E-state index in [1.807, 2.05) is 22.6 Å². The zero-order chi connectivity index (χ0) is 13.7. The minimum Gasteiger partial charge on any atom is -0.466 e. The number of rotatable bonds is 5. The van der Waals surface area contributed by atoms with E-state index in [2.05, 4.69) is 4.98 Å². The highest BCUT2D eigenvalue weighted by Gasteiger charge is 2.18. The van der Waals surface area contributed by atoms with E-state index in [1.165, 1.54) is 6.07 Å². The molecule has 1 aromatic heterocycles. The number of aromatic nitrogens is 1. The van der Waals surface area contributed by atoms with Crippen LogP contribution >= 0.6 is 34.2 Å². The molecule has 18 heavy (non-hydrogen) atoms. The van der Waals surface area contributed by atoms with Gasteiger partial charge in [0.05, 0.1) is 24.6 Å². The van der Waals surface area contributed by atoms with Crippen LogP contribution in [0.3, 0.4) is 0 Å². The van der Waals surface area contributed by atoms with Gasteiger partial charge >= 0.3 is 5.97 Å². The number of hydrogen-bond donors (Lipinski definition) is 0. The van der Waals surface area contributed by atoms with E-state index in [9.17, 15) is 13.6 Å². The Kier molecular flexibility index (Phi) is 6.20. The van der Waals surface area contributed by atoms with Gasteiger partial charge in [0.2, 0.25) is 0 Å². The summed E-state index contributed by atoms with van der Waals surface area (Å²) in [6, 6.07) is 1.21. The van der Waals surface area contributed by atoms with Crippen LogP contribution in [0.25, 0.3) is 0 Å². The van der Waals surface area contributed by atoms with Crippen LogP contribution in [0.4, 0.5) is 8.78 Å². The summed E-state index contributed by atoms with van der Waals surface area (Å²) in [4.78, 5) is 15.4. The maximum Gasteiger partial charge on any atom is 0.311 e. The maximum atomic E-state index is 12.9. The molecule has 0 saturated heterocycles. The van der Waals surface area contributed by atoms with Crippen LogP contribution in [0.15, 0.2) is 6.07 Å². The lowest BCUT2D eigenvalue weighted by Crippen LogP contribution is -2.11. The predicted molar refractivity (Wildman–Crippen MR) is 71.8 cm³/mol. The first-order valence-electron chi connectivity index (χ1n) is 5.17. The molecule has 0 atom stereocenters. The van der Waals surface area contributed by atoms with Crippen molar-refractivity contribution in [1.29, 1.82) is 0 Å². The Morgan fingerprint density at radius 1 is 1.61 bits per heavy atom. The lowest BCUT2D eigenvalue weighted by atomic mass is 10.1. The molecular weight excluding hydrogens is 378 g/mol. The summed E-state index contributed by atoms with van der Waals surface area (Å²) in [5.41, 5.74) is 0.394. The van der Waals surface area contributed by atoms with Gasteiger partial charge in [0.15, 0.2) is 0 Å².